The first-order valence-corrected chi connectivity index (χ1v) is 6.43. The Morgan fingerprint density at radius 3 is 1.77 bits per heavy atom. The SMILES string of the molecule is CC.[B]c1c(F)c(O)c(O)c(O)c1-c1cc(F)c(C)c(F)c1. The van der Waals surface area contributed by atoms with Crippen molar-refractivity contribution in [1.82, 2.24) is 0 Å². The fraction of sp³-hybridized carbons (Fsp3) is 0.200. The van der Waals surface area contributed by atoms with E-state index < -0.39 is 45.7 Å². The number of benzene rings is 2. The van der Waals surface area contributed by atoms with Crippen LogP contribution in [0.5, 0.6) is 17.2 Å². The smallest absolute Gasteiger partial charge is 0.204 e. The molecule has 0 aliphatic carbocycles. The molecular formula is C15H14BF3O3. The second-order valence-electron chi connectivity index (χ2n) is 4.21. The molecule has 0 saturated heterocycles. The third-order valence-corrected chi connectivity index (χ3v) is 2.97. The van der Waals surface area contributed by atoms with Crippen molar-refractivity contribution in [2.45, 2.75) is 20.8 Å². The molecular weight excluding hydrogens is 296 g/mol. The summed E-state index contributed by atoms with van der Waals surface area (Å²) in [4.78, 5) is 0. The van der Waals surface area contributed by atoms with Crippen molar-refractivity contribution in [2.75, 3.05) is 0 Å². The van der Waals surface area contributed by atoms with Gasteiger partial charge in [-0.25, -0.2) is 13.2 Å². The molecule has 0 bridgehead atoms. The topological polar surface area (TPSA) is 60.7 Å². The summed E-state index contributed by atoms with van der Waals surface area (Å²) in [6, 6.07) is 1.67. The van der Waals surface area contributed by atoms with Crippen LogP contribution in [0.2, 0.25) is 0 Å². The fourth-order valence-electron chi connectivity index (χ4n) is 1.78. The number of hydrogen-bond acceptors (Lipinski definition) is 3. The lowest BCUT2D eigenvalue weighted by molar-refractivity contribution is 0.354. The molecule has 0 unspecified atom stereocenters. The molecule has 2 rings (SSSR count). The summed E-state index contributed by atoms with van der Waals surface area (Å²) < 4.78 is 40.6. The van der Waals surface area contributed by atoms with Crippen LogP contribution in [-0.2, 0) is 0 Å². The molecule has 0 atom stereocenters. The van der Waals surface area contributed by atoms with E-state index in [4.69, 9.17) is 7.85 Å². The minimum Gasteiger partial charge on any atom is -0.504 e. The molecule has 0 fully saturated rings. The Balaban J connectivity index is 0.00000116. The molecule has 0 spiro atoms. The first-order chi connectivity index (χ1) is 10.3. The van der Waals surface area contributed by atoms with Crippen molar-refractivity contribution in [3.05, 3.63) is 35.1 Å². The van der Waals surface area contributed by atoms with Gasteiger partial charge in [-0.3, -0.25) is 0 Å². The molecule has 116 valence electrons. The molecule has 0 aromatic heterocycles. The predicted molar refractivity (Wildman–Crippen MR) is 78.2 cm³/mol. The summed E-state index contributed by atoms with van der Waals surface area (Å²) in [5, 5.41) is 28.2. The zero-order valence-electron chi connectivity index (χ0n) is 12.2. The van der Waals surface area contributed by atoms with Gasteiger partial charge in [0.25, 0.3) is 0 Å². The zero-order valence-corrected chi connectivity index (χ0v) is 12.2. The Labute approximate surface area is 127 Å². The van der Waals surface area contributed by atoms with Gasteiger partial charge in [-0.15, -0.1) is 0 Å². The zero-order chi connectivity index (χ0) is 17.2. The normalized spacial score (nSPS) is 10.1. The van der Waals surface area contributed by atoms with Crippen LogP contribution >= 0.6 is 0 Å². The molecule has 3 N–H and O–H groups in total. The Hall–Kier alpha value is -2.31. The number of rotatable bonds is 1. The van der Waals surface area contributed by atoms with Gasteiger partial charge in [-0.1, -0.05) is 13.8 Å². The molecule has 0 aliphatic rings. The Morgan fingerprint density at radius 1 is 0.864 bits per heavy atom. The molecule has 2 aromatic carbocycles. The maximum absolute atomic E-state index is 13.6. The molecule has 2 radical (unpaired) electrons. The highest BCUT2D eigenvalue weighted by Gasteiger charge is 2.23. The molecule has 0 saturated carbocycles. The summed E-state index contributed by atoms with van der Waals surface area (Å²) in [7, 11) is 5.37. The molecule has 22 heavy (non-hydrogen) atoms. The number of phenolic OH excluding ortho intramolecular Hbond substituents is 3. The highest BCUT2D eigenvalue weighted by Crippen LogP contribution is 2.42. The molecule has 0 aliphatic heterocycles. The lowest BCUT2D eigenvalue weighted by atomic mass is 9.85. The highest BCUT2D eigenvalue weighted by atomic mass is 19.1. The molecule has 2 aromatic rings. The summed E-state index contributed by atoms with van der Waals surface area (Å²) >= 11 is 0. The van der Waals surface area contributed by atoms with Crippen LogP contribution in [0, 0.1) is 24.4 Å². The lowest BCUT2D eigenvalue weighted by Crippen LogP contribution is -2.13. The van der Waals surface area contributed by atoms with E-state index >= 15 is 0 Å². The largest absolute Gasteiger partial charge is 0.504 e. The average Bonchev–Trinajstić information content (AvgIpc) is 2.50. The van der Waals surface area contributed by atoms with Crippen molar-refractivity contribution < 1.29 is 28.5 Å². The molecule has 0 amide bonds. The third kappa shape index (κ3) is 2.84. The van der Waals surface area contributed by atoms with E-state index in [0.717, 1.165) is 12.1 Å². The highest BCUT2D eigenvalue weighted by molar-refractivity contribution is 6.37. The minimum absolute atomic E-state index is 0.254. The first kappa shape index (κ1) is 17.7. The van der Waals surface area contributed by atoms with E-state index in [1.54, 1.807) is 0 Å². The van der Waals surface area contributed by atoms with Crippen molar-refractivity contribution in [3.63, 3.8) is 0 Å². The van der Waals surface area contributed by atoms with Gasteiger partial charge < -0.3 is 15.3 Å². The van der Waals surface area contributed by atoms with Gasteiger partial charge in [0.05, 0.1) is 0 Å². The summed E-state index contributed by atoms with van der Waals surface area (Å²) in [6.45, 7) is 5.20. The van der Waals surface area contributed by atoms with Gasteiger partial charge in [0.1, 0.15) is 19.5 Å². The van der Waals surface area contributed by atoms with E-state index in [0.29, 0.717) is 0 Å². The van der Waals surface area contributed by atoms with Crippen LogP contribution in [0.4, 0.5) is 13.2 Å². The predicted octanol–water partition coefficient (Wildman–Crippen LogP) is 3.02. The van der Waals surface area contributed by atoms with Gasteiger partial charge >= 0.3 is 0 Å². The quantitative estimate of drug-likeness (QED) is 0.560. The van der Waals surface area contributed by atoms with Crippen molar-refractivity contribution >= 4 is 13.3 Å². The number of hydrogen-bond donors (Lipinski definition) is 3. The van der Waals surface area contributed by atoms with Gasteiger partial charge in [-0.2, -0.15) is 0 Å². The fourth-order valence-corrected chi connectivity index (χ4v) is 1.78. The summed E-state index contributed by atoms with van der Waals surface area (Å²) in [6.07, 6.45) is 0. The van der Waals surface area contributed by atoms with E-state index in [1.165, 1.54) is 6.92 Å². The maximum Gasteiger partial charge on any atom is 0.204 e. The van der Waals surface area contributed by atoms with Gasteiger partial charge in [-0.05, 0) is 30.1 Å². The third-order valence-electron chi connectivity index (χ3n) is 2.97. The Kier molecular flexibility index (Phi) is 5.35. The van der Waals surface area contributed by atoms with Crippen LogP contribution in [0.25, 0.3) is 11.1 Å². The summed E-state index contributed by atoms with van der Waals surface area (Å²) in [5.41, 5.74) is -1.76. The number of aromatic hydroxyl groups is 3. The number of halogens is 3. The van der Waals surface area contributed by atoms with Gasteiger partial charge in [0.2, 0.25) is 5.75 Å². The number of phenols is 3. The van der Waals surface area contributed by atoms with Gasteiger partial charge in [0.15, 0.2) is 17.3 Å². The minimum atomic E-state index is -1.39. The molecule has 0 heterocycles. The average molecular weight is 310 g/mol. The van der Waals surface area contributed by atoms with E-state index in [-0.39, 0.29) is 11.1 Å². The van der Waals surface area contributed by atoms with Crippen molar-refractivity contribution in [1.29, 1.82) is 0 Å². The lowest BCUT2D eigenvalue weighted by Gasteiger charge is -2.14. The second-order valence-corrected chi connectivity index (χ2v) is 4.21. The van der Waals surface area contributed by atoms with Gasteiger partial charge in [0, 0.05) is 11.1 Å². The van der Waals surface area contributed by atoms with E-state index in [1.807, 2.05) is 13.8 Å². The Morgan fingerprint density at radius 2 is 1.32 bits per heavy atom. The molecule has 3 nitrogen and oxygen atoms in total. The maximum atomic E-state index is 13.6. The molecule has 7 heteroatoms. The first-order valence-electron chi connectivity index (χ1n) is 6.43. The second kappa shape index (κ2) is 6.64. The Bertz CT molecular complexity index is 666. The standard InChI is InChI=1S/C13H8BF3O3.C2H6/c1-4-6(15)2-5(3-7(4)16)8-9(14)10(17)12(19)13(20)11(8)18;1-2/h2-3,18-20H,1H3;1-2H3. The van der Waals surface area contributed by atoms with Crippen LogP contribution in [-0.4, -0.2) is 23.2 Å². The van der Waals surface area contributed by atoms with E-state index in [9.17, 15) is 28.5 Å². The summed E-state index contributed by atoms with van der Waals surface area (Å²) in [5.74, 6) is -6.61. The van der Waals surface area contributed by atoms with Crippen LogP contribution < -0.4 is 5.46 Å². The van der Waals surface area contributed by atoms with Crippen molar-refractivity contribution in [2.24, 2.45) is 0 Å². The van der Waals surface area contributed by atoms with Crippen LogP contribution in [0.1, 0.15) is 19.4 Å². The van der Waals surface area contributed by atoms with E-state index in [2.05, 4.69) is 0 Å². The monoisotopic (exact) mass is 310 g/mol. The van der Waals surface area contributed by atoms with Crippen LogP contribution in [0.15, 0.2) is 12.1 Å². The van der Waals surface area contributed by atoms with Crippen molar-refractivity contribution in [3.8, 4) is 28.4 Å². The van der Waals surface area contributed by atoms with Crippen LogP contribution in [0.3, 0.4) is 0 Å².